The van der Waals surface area contributed by atoms with Crippen molar-refractivity contribution in [3.63, 3.8) is 0 Å². The summed E-state index contributed by atoms with van der Waals surface area (Å²) >= 11 is 5.57. The molecule has 0 bridgehead atoms. The SMILES string of the molecule is NC(CCl)=Nc1ccc(C(=O)O)c2ccncc12. The Balaban J connectivity index is 2.72. The number of hydrogen-bond donors (Lipinski definition) is 2. The number of aliphatic imine (C=N–C) groups is 1. The molecule has 0 amide bonds. The summed E-state index contributed by atoms with van der Waals surface area (Å²) in [6.45, 7) is 0. The Labute approximate surface area is 108 Å². The number of nitrogens with zero attached hydrogens (tertiary/aromatic N) is 2. The third-order valence-corrected chi connectivity index (χ3v) is 2.70. The van der Waals surface area contributed by atoms with E-state index in [0.717, 1.165) is 0 Å². The van der Waals surface area contributed by atoms with Gasteiger partial charge in [-0.25, -0.2) is 9.79 Å². The van der Waals surface area contributed by atoms with Crippen LogP contribution in [0.5, 0.6) is 0 Å². The molecule has 0 aliphatic carbocycles. The van der Waals surface area contributed by atoms with Crippen molar-refractivity contribution < 1.29 is 9.90 Å². The van der Waals surface area contributed by atoms with E-state index in [1.54, 1.807) is 18.3 Å². The van der Waals surface area contributed by atoms with Crippen molar-refractivity contribution in [3.8, 4) is 0 Å². The molecular formula is C12H10ClN3O2. The fourth-order valence-electron chi connectivity index (χ4n) is 1.64. The standard InChI is InChI=1S/C12H10ClN3O2/c13-5-11(14)16-10-2-1-8(12(17)18)7-3-4-15-6-9(7)10/h1-4,6H,5H2,(H2,14,16)(H,17,18). The van der Waals surface area contributed by atoms with E-state index < -0.39 is 5.97 Å². The summed E-state index contributed by atoms with van der Waals surface area (Å²) in [5.74, 6) is -0.612. The normalized spacial score (nSPS) is 11.7. The van der Waals surface area contributed by atoms with Gasteiger partial charge in [0, 0.05) is 23.2 Å². The van der Waals surface area contributed by atoms with Gasteiger partial charge < -0.3 is 10.8 Å². The highest BCUT2D eigenvalue weighted by molar-refractivity contribution is 6.28. The second kappa shape index (κ2) is 5.01. The average Bonchev–Trinajstić information content (AvgIpc) is 2.38. The van der Waals surface area contributed by atoms with Crippen LogP contribution in [0, 0.1) is 0 Å². The number of aromatic carboxylic acids is 1. The molecule has 0 saturated carbocycles. The lowest BCUT2D eigenvalue weighted by atomic mass is 10.1. The zero-order chi connectivity index (χ0) is 13.1. The van der Waals surface area contributed by atoms with Gasteiger partial charge in [0.05, 0.1) is 17.1 Å². The molecule has 1 heterocycles. The van der Waals surface area contributed by atoms with E-state index in [1.807, 2.05) is 0 Å². The van der Waals surface area contributed by atoms with E-state index >= 15 is 0 Å². The molecule has 0 saturated heterocycles. The molecule has 3 N–H and O–H groups in total. The van der Waals surface area contributed by atoms with Gasteiger partial charge in [-0.2, -0.15) is 0 Å². The molecule has 1 aromatic heterocycles. The lowest BCUT2D eigenvalue weighted by Crippen LogP contribution is -2.12. The van der Waals surface area contributed by atoms with Crippen LogP contribution in [0.4, 0.5) is 5.69 Å². The number of amidine groups is 1. The molecule has 0 unspecified atom stereocenters. The third kappa shape index (κ3) is 2.26. The summed E-state index contributed by atoms with van der Waals surface area (Å²) in [5, 5.41) is 10.3. The lowest BCUT2D eigenvalue weighted by molar-refractivity contribution is 0.0699. The Kier molecular flexibility index (Phi) is 3.43. The first-order chi connectivity index (χ1) is 8.63. The first-order valence-electron chi connectivity index (χ1n) is 5.12. The molecule has 18 heavy (non-hydrogen) atoms. The van der Waals surface area contributed by atoms with Crippen molar-refractivity contribution in [2.75, 3.05) is 5.88 Å². The molecular weight excluding hydrogens is 254 g/mol. The molecule has 0 spiro atoms. The van der Waals surface area contributed by atoms with E-state index in [0.29, 0.717) is 16.5 Å². The number of pyridine rings is 1. The Morgan fingerprint density at radius 3 is 2.83 bits per heavy atom. The zero-order valence-corrected chi connectivity index (χ0v) is 10.1. The Morgan fingerprint density at radius 1 is 1.39 bits per heavy atom. The fourth-order valence-corrected chi connectivity index (χ4v) is 1.70. The van der Waals surface area contributed by atoms with Crippen LogP contribution in [-0.2, 0) is 0 Å². The predicted molar refractivity (Wildman–Crippen MR) is 70.7 cm³/mol. The van der Waals surface area contributed by atoms with Crippen molar-refractivity contribution in [3.05, 3.63) is 36.2 Å². The highest BCUT2D eigenvalue weighted by Gasteiger charge is 2.11. The number of carboxylic acids is 1. The summed E-state index contributed by atoms with van der Waals surface area (Å²) in [7, 11) is 0. The number of carboxylic acid groups (broad SMARTS) is 1. The summed E-state index contributed by atoms with van der Waals surface area (Å²) in [6, 6.07) is 4.71. The lowest BCUT2D eigenvalue weighted by Gasteiger charge is -2.05. The van der Waals surface area contributed by atoms with Crippen LogP contribution < -0.4 is 5.73 Å². The number of halogens is 1. The maximum absolute atomic E-state index is 11.1. The van der Waals surface area contributed by atoms with Gasteiger partial charge >= 0.3 is 5.97 Å². The monoisotopic (exact) mass is 263 g/mol. The van der Waals surface area contributed by atoms with Crippen LogP contribution in [0.3, 0.4) is 0 Å². The molecule has 0 fully saturated rings. The van der Waals surface area contributed by atoms with Gasteiger partial charge in [0.15, 0.2) is 0 Å². The molecule has 2 rings (SSSR count). The zero-order valence-electron chi connectivity index (χ0n) is 9.30. The summed E-state index contributed by atoms with van der Waals surface area (Å²) in [6.07, 6.45) is 3.09. The van der Waals surface area contributed by atoms with E-state index in [9.17, 15) is 4.79 Å². The molecule has 0 radical (unpaired) electrons. The fraction of sp³-hybridized carbons (Fsp3) is 0.0833. The van der Waals surface area contributed by atoms with Gasteiger partial charge in [0.2, 0.25) is 0 Å². The molecule has 0 atom stereocenters. The van der Waals surface area contributed by atoms with Crippen LogP contribution in [0.1, 0.15) is 10.4 Å². The van der Waals surface area contributed by atoms with Gasteiger partial charge in [-0.1, -0.05) is 0 Å². The number of benzene rings is 1. The molecule has 0 aliphatic rings. The maximum Gasteiger partial charge on any atom is 0.336 e. The highest BCUT2D eigenvalue weighted by atomic mass is 35.5. The summed E-state index contributed by atoms with van der Waals surface area (Å²) < 4.78 is 0. The van der Waals surface area contributed by atoms with Crippen LogP contribution in [-0.4, -0.2) is 27.8 Å². The van der Waals surface area contributed by atoms with Gasteiger partial charge in [-0.05, 0) is 18.2 Å². The minimum atomic E-state index is -0.993. The largest absolute Gasteiger partial charge is 0.478 e. The van der Waals surface area contributed by atoms with E-state index in [-0.39, 0.29) is 17.3 Å². The maximum atomic E-state index is 11.1. The van der Waals surface area contributed by atoms with Gasteiger partial charge in [0.1, 0.15) is 5.84 Å². The number of carbonyl (C=O) groups is 1. The van der Waals surface area contributed by atoms with Crippen molar-refractivity contribution >= 4 is 39.9 Å². The van der Waals surface area contributed by atoms with Crippen LogP contribution in [0.25, 0.3) is 10.8 Å². The Morgan fingerprint density at radius 2 is 2.17 bits per heavy atom. The van der Waals surface area contributed by atoms with Crippen molar-refractivity contribution in [2.24, 2.45) is 10.7 Å². The van der Waals surface area contributed by atoms with Crippen LogP contribution in [0.2, 0.25) is 0 Å². The van der Waals surface area contributed by atoms with Crippen molar-refractivity contribution in [1.29, 1.82) is 0 Å². The highest BCUT2D eigenvalue weighted by Crippen LogP contribution is 2.28. The van der Waals surface area contributed by atoms with E-state index in [4.69, 9.17) is 22.4 Å². The topological polar surface area (TPSA) is 88.6 Å². The third-order valence-electron chi connectivity index (χ3n) is 2.43. The van der Waals surface area contributed by atoms with E-state index in [1.165, 1.54) is 12.3 Å². The van der Waals surface area contributed by atoms with Gasteiger partial charge in [-0.3, -0.25) is 4.98 Å². The minimum Gasteiger partial charge on any atom is -0.478 e. The number of nitrogens with two attached hydrogens (primary N) is 1. The second-order valence-electron chi connectivity index (χ2n) is 3.60. The molecule has 1 aromatic carbocycles. The Hall–Kier alpha value is -2.14. The molecule has 2 aromatic rings. The van der Waals surface area contributed by atoms with Gasteiger partial charge in [-0.15, -0.1) is 11.6 Å². The minimum absolute atomic E-state index is 0.114. The van der Waals surface area contributed by atoms with Crippen LogP contribution in [0.15, 0.2) is 35.6 Å². The Bertz CT molecular complexity index is 640. The van der Waals surface area contributed by atoms with Crippen molar-refractivity contribution in [2.45, 2.75) is 0 Å². The number of hydrogen-bond acceptors (Lipinski definition) is 3. The van der Waals surface area contributed by atoms with E-state index in [2.05, 4.69) is 9.98 Å². The average molecular weight is 264 g/mol. The summed E-state index contributed by atoms with van der Waals surface area (Å²) in [4.78, 5) is 19.2. The second-order valence-corrected chi connectivity index (χ2v) is 3.86. The number of rotatable bonds is 3. The molecule has 92 valence electrons. The molecule has 6 heteroatoms. The number of alkyl halides is 1. The smallest absolute Gasteiger partial charge is 0.336 e. The number of fused-ring (bicyclic) bond motifs is 1. The molecule has 0 aliphatic heterocycles. The van der Waals surface area contributed by atoms with Crippen molar-refractivity contribution in [1.82, 2.24) is 4.98 Å². The first kappa shape index (κ1) is 12.3. The molecule has 5 nitrogen and oxygen atoms in total. The number of aromatic nitrogens is 1. The summed E-state index contributed by atoms with van der Waals surface area (Å²) in [5.41, 5.74) is 6.34. The van der Waals surface area contributed by atoms with Gasteiger partial charge in [0.25, 0.3) is 0 Å². The predicted octanol–water partition coefficient (Wildman–Crippen LogP) is 2.16. The van der Waals surface area contributed by atoms with Crippen LogP contribution >= 0.6 is 11.6 Å². The first-order valence-corrected chi connectivity index (χ1v) is 5.66. The quantitative estimate of drug-likeness (QED) is 0.504.